The smallest absolute Gasteiger partial charge is 0.277 e. The summed E-state index contributed by atoms with van der Waals surface area (Å²) < 4.78 is 23.8. The number of aryl methyl sites for hydroxylation is 1. The number of carbonyl (C=O) groups is 1. The van der Waals surface area contributed by atoms with Crippen molar-refractivity contribution in [2.45, 2.75) is 32.0 Å². The molecule has 1 aliphatic rings. The Labute approximate surface area is 178 Å². The van der Waals surface area contributed by atoms with E-state index in [1.807, 2.05) is 26.0 Å². The van der Waals surface area contributed by atoms with Crippen LogP contribution in [-0.4, -0.2) is 46.8 Å². The highest BCUT2D eigenvalue weighted by molar-refractivity contribution is 7.99. The predicted octanol–water partition coefficient (Wildman–Crippen LogP) is 4.07. The Hall–Kier alpha value is -2.78. The van der Waals surface area contributed by atoms with Crippen molar-refractivity contribution in [3.63, 3.8) is 0 Å². The van der Waals surface area contributed by atoms with E-state index >= 15 is 0 Å². The number of rotatable bonds is 8. The van der Waals surface area contributed by atoms with Crippen LogP contribution < -0.4 is 9.47 Å². The Morgan fingerprint density at radius 1 is 1.23 bits per heavy atom. The van der Waals surface area contributed by atoms with Crippen molar-refractivity contribution in [3.8, 4) is 23.0 Å². The second kappa shape index (κ2) is 8.53. The molecule has 0 fully saturated rings. The van der Waals surface area contributed by atoms with Crippen LogP contribution in [0.1, 0.15) is 34.7 Å². The number of benzene rings is 1. The molecule has 0 N–H and O–H groups in total. The first-order valence-corrected chi connectivity index (χ1v) is 10.5. The number of methoxy groups -OCH3 is 1. The number of thioether (sulfide) groups is 1. The van der Waals surface area contributed by atoms with Gasteiger partial charge >= 0.3 is 0 Å². The highest BCUT2D eigenvalue weighted by atomic mass is 32.2. The van der Waals surface area contributed by atoms with Gasteiger partial charge in [0.2, 0.25) is 12.7 Å². The van der Waals surface area contributed by atoms with Gasteiger partial charge in [0.1, 0.15) is 0 Å². The second-order valence-corrected chi connectivity index (χ2v) is 8.04. The molecule has 2 aromatic heterocycles. The Morgan fingerprint density at radius 3 is 2.83 bits per heavy atom. The Balaban J connectivity index is 1.43. The van der Waals surface area contributed by atoms with Crippen LogP contribution in [0.25, 0.3) is 11.5 Å². The topological polar surface area (TPSA) is 88.6 Å². The maximum absolute atomic E-state index is 12.8. The molecule has 8 nitrogen and oxygen atoms in total. The fourth-order valence-electron chi connectivity index (χ4n) is 3.67. The van der Waals surface area contributed by atoms with Gasteiger partial charge in [-0.1, -0.05) is 11.8 Å². The number of hydrogen-bond donors (Lipinski definition) is 0. The summed E-state index contributed by atoms with van der Waals surface area (Å²) in [6.07, 6.45) is 0. The molecule has 0 aliphatic carbocycles. The van der Waals surface area contributed by atoms with Crippen molar-refractivity contribution in [2.24, 2.45) is 0 Å². The Bertz CT molecular complexity index is 1070. The standard InChI is InChI=1S/C21H23N3O5S/c1-12-7-16(14(3)24(12)13(2)9-26-4)17(25)10-30-21-23-22-20(29-21)15-5-6-18-19(8-15)28-11-27-18/h5-8,13H,9-11H2,1-4H3. The molecule has 0 saturated heterocycles. The first-order valence-electron chi connectivity index (χ1n) is 9.54. The van der Waals surface area contributed by atoms with E-state index < -0.39 is 0 Å². The summed E-state index contributed by atoms with van der Waals surface area (Å²) in [5.41, 5.74) is 3.42. The molecule has 1 aromatic carbocycles. The van der Waals surface area contributed by atoms with Crippen LogP contribution in [0.2, 0.25) is 0 Å². The van der Waals surface area contributed by atoms with E-state index in [-0.39, 0.29) is 24.4 Å². The van der Waals surface area contributed by atoms with Crippen molar-refractivity contribution in [1.82, 2.24) is 14.8 Å². The highest BCUT2D eigenvalue weighted by Gasteiger charge is 2.21. The van der Waals surface area contributed by atoms with Crippen LogP contribution in [0.4, 0.5) is 0 Å². The van der Waals surface area contributed by atoms with E-state index in [9.17, 15) is 4.79 Å². The lowest BCUT2D eigenvalue weighted by Gasteiger charge is -2.17. The molecule has 4 rings (SSSR count). The lowest BCUT2D eigenvalue weighted by atomic mass is 10.2. The average molecular weight is 429 g/mol. The number of ketones is 1. The van der Waals surface area contributed by atoms with Crippen LogP contribution in [0.3, 0.4) is 0 Å². The van der Waals surface area contributed by atoms with E-state index in [1.165, 1.54) is 11.8 Å². The van der Waals surface area contributed by atoms with Gasteiger partial charge in [-0.15, -0.1) is 10.2 Å². The zero-order chi connectivity index (χ0) is 21.3. The predicted molar refractivity (Wildman–Crippen MR) is 111 cm³/mol. The maximum atomic E-state index is 12.8. The normalized spacial score (nSPS) is 13.6. The summed E-state index contributed by atoms with van der Waals surface area (Å²) >= 11 is 1.23. The molecule has 3 aromatic rings. The summed E-state index contributed by atoms with van der Waals surface area (Å²) in [6, 6.07) is 7.51. The fraction of sp³-hybridized carbons (Fsp3) is 0.381. The molecule has 0 bridgehead atoms. The lowest BCUT2D eigenvalue weighted by Crippen LogP contribution is -2.14. The molecular formula is C21H23N3O5S. The van der Waals surface area contributed by atoms with Gasteiger partial charge < -0.3 is 23.2 Å². The maximum Gasteiger partial charge on any atom is 0.277 e. The molecular weight excluding hydrogens is 406 g/mol. The minimum Gasteiger partial charge on any atom is -0.454 e. The highest BCUT2D eigenvalue weighted by Crippen LogP contribution is 2.36. The third kappa shape index (κ3) is 3.95. The molecule has 0 amide bonds. The zero-order valence-electron chi connectivity index (χ0n) is 17.3. The van der Waals surface area contributed by atoms with Gasteiger partial charge in [0.05, 0.1) is 18.4 Å². The third-order valence-electron chi connectivity index (χ3n) is 4.99. The molecule has 9 heteroatoms. The number of carbonyl (C=O) groups excluding carboxylic acids is 1. The molecule has 1 unspecified atom stereocenters. The number of nitrogens with zero attached hydrogens (tertiary/aromatic N) is 3. The Kier molecular flexibility index (Phi) is 5.83. The summed E-state index contributed by atoms with van der Waals surface area (Å²) in [5.74, 6) is 1.94. The van der Waals surface area contributed by atoms with Crippen molar-refractivity contribution < 1.29 is 23.4 Å². The van der Waals surface area contributed by atoms with Gasteiger partial charge in [0.15, 0.2) is 17.3 Å². The molecule has 3 heterocycles. The van der Waals surface area contributed by atoms with Crippen molar-refractivity contribution in [1.29, 1.82) is 0 Å². The molecule has 158 valence electrons. The van der Waals surface area contributed by atoms with Gasteiger partial charge in [0.25, 0.3) is 5.22 Å². The van der Waals surface area contributed by atoms with E-state index in [4.69, 9.17) is 18.6 Å². The van der Waals surface area contributed by atoms with Gasteiger partial charge in [-0.3, -0.25) is 4.79 Å². The number of hydrogen-bond acceptors (Lipinski definition) is 8. The van der Waals surface area contributed by atoms with Crippen molar-refractivity contribution >= 4 is 17.5 Å². The van der Waals surface area contributed by atoms with E-state index in [1.54, 1.807) is 19.2 Å². The number of fused-ring (bicyclic) bond motifs is 1. The van der Waals surface area contributed by atoms with Gasteiger partial charge in [-0.05, 0) is 45.0 Å². The molecule has 30 heavy (non-hydrogen) atoms. The third-order valence-corrected chi connectivity index (χ3v) is 5.80. The van der Waals surface area contributed by atoms with Gasteiger partial charge in [0, 0.05) is 29.6 Å². The molecule has 1 aliphatic heterocycles. The van der Waals surface area contributed by atoms with E-state index in [0.29, 0.717) is 34.8 Å². The first kappa shape index (κ1) is 20.5. The number of aromatic nitrogens is 3. The zero-order valence-corrected chi connectivity index (χ0v) is 18.1. The van der Waals surface area contributed by atoms with Crippen LogP contribution in [-0.2, 0) is 4.74 Å². The summed E-state index contributed by atoms with van der Waals surface area (Å²) in [4.78, 5) is 12.8. The quantitative estimate of drug-likeness (QED) is 0.391. The molecule has 0 radical (unpaired) electrons. The molecule has 0 saturated carbocycles. The first-order chi connectivity index (χ1) is 14.5. The van der Waals surface area contributed by atoms with E-state index in [2.05, 4.69) is 21.7 Å². The largest absolute Gasteiger partial charge is 0.454 e. The lowest BCUT2D eigenvalue weighted by molar-refractivity contribution is 0.102. The van der Waals surface area contributed by atoms with Gasteiger partial charge in [-0.2, -0.15) is 0 Å². The van der Waals surface area contributed by atoms with Crippen LogP contribution >= 0.6 is 11.8 Å². The van der Waals surface area contributed by atoms with Crippen LogP contribution in [0, 0.1) is 13.8 Å². The van der Waals surface area contributed by atoms with Crippen LogP contribution in [0.5, 0.6) is 11.5 Å². The van der Waals surface area contributed by atoms with Crippen molar-refractivity contribution in [3.05, 3.63) is 41.2 Å². The Morgan fingerprint density at radius 2 is 2.03 bits per heavy atom. The average Bonchev–Trinajstić information content (AvgIpc) is 3.44. The van der Waals surface area contributed by atoms with Gasteiger partial charge in [-0.25, -0.2) is 0 Å². The van der Waals surface area contributed by atoms with Crippen molar-refractivity contribution in [2.75, 3.05) is 26.3 Å². The monoisotopic (exact) mass is 429 g/mol. The summed E-state index contributed by atoms with van der Waals surface area (Å²) in [6.45, 7) is 6.82. The van der Waals surface area contributed by atoms with E-state index in [0.717, 1.165) is 17.0 Å². The second-order valence-electron chi connectivity index (χ2n) is 7.11. The summed E-state index contributed by atoms with van der Waals surface area (Å²) in [5, 5.41) is 8.47. The summed E-state index contributed by atoms with van der Waals surface area (Å²) in [7, 11) is 1.68. The fourth-order valence-corrected chi connectivity index (χ4v) is 4.32. The number of Topliss-reactive ketones (excluding diaryl/α,β-unsaturated/α-hetero) is 1. The number of ether oxygens (including phenoxy) is 3. The molecule has 0 spiro atoms. The molecule has 1 atom stereocenters. The SMILES string of the molecule is COCC(C)n1c(C)cc(C(=O)CSc2nnc(-c3ccc4c(c3)OCO4)o2)c1C. The van der Waals surface area contributed by atoms with Crippen LogP contribution in [0.15, 0.2) is 33.9 Å². The minimum absolute atomic E-state index is 0.0202. The minimum atomic E-state index is 0.0202.